The lowest BCUT2D eigenvalue weighted by atomic mass is 9.81. The first kappa shape index (κ1) is 54.3. The predicted molar refractivity (Wildman–Crippen MR) is 256 cm³/mol. The maximum atomic E-state index is 12.8. The second-order valence-corrected chi connectivity index (χ2v) is 21.8. The summed E-state index contributed by atoms with van der Waals surface area (Å²) in [7, 11) is -0.160. The number of hydrogen-bond donors (Lipinski definition) is 4. The van der Waals surface area contributed by atoms with E-state index in [1.807, 2.05) is 31.2 Å². The molecule has 2 heterocycles. The third-order valence-corrected chi connectivity index (χ3v) is 13.6. The van der Waals surface area contributed by atoms with Crippen LogP contribution in [0.25, 0.3) is 0 Å². The number of quaternary nitrogens is 1. The van der Waals surface area contributed by atoms with Gasteiger partial charge in [0.15, 0.2) is 5.71 Å². The molecule has 18 heteroatoms. The van der Waals surface area contributed by atoms with Gasteiger partial charge in [0.25, 0.3) is 10.1 Å². The summed E-state index contributed by atoms with van der Waals surface area (Å²) in [4.78, 5) is 40.5. The molecule has 4 N–H and O–H groups in total. The quantitative estimate of drug-likeness (QED) is 0.0165. The Hall–Kier alpha value is -4.30. The Morgan fingerprint density at radius 2 is 1.62 bits per heavy atom. The molecular formula is C48H73N6O10S2+. The standard InChI is InChI=1S/C48H72N6O10S2/c1-12-38(51-45(57)62-46(3,4)5)44(56)50-28-19-31-54(10,11)30-18-27-49-43(55)22-15-14-16-29-53-40-26-24-35(66(59,60)61)33-37(40)48(8,9)42(53)21-17-20-41-47(6,7)36-32-34(65-64-63-58)23-25-39(36)52(41)13-2/h17,20-21,23-26,32-33,38H,12-16,18-19,22,27-31H2,1-11H3,(H3-2,49,50,51,55,56,57,58,59,60,61)/p+1. The molecule has 366 valence electrons. The fourth-order valence-electron chi connectivity index (χ4n) is 8.70. The molecule has 4 rings (SSSR count). The number of amides is 3. The molecule has 0 radical (unpaired) electrons. The Bertz CT molecular complexity index is 2250. The molecule has 1 atom stereocenters. The second kappa shape index (κ2) is 23.1. The van der Waals surface area contributed by atoms with Gasteiger partial charge in [-0.05, 0) is 103 Å². The van der Waals surface area contributed by atoms with Gasteiger partial charge >= 0.3 is 6.09 Å². The minimum absolute atomic E-state index is 0.0139. The normalized spacial score (nSPS) is 16.7. The van der Waals surface area contributed by atoms with Crippen molar-refractivity contribution in [1.82, 2.24) is 16.0 Å². The lowest BCUT2D eigenvalue weighted by Crippen LogP contribution is -2.48. The van der Waals surface area contributed by atoms with Crippen molar-refractivity contribution in [1.29, 1.82) is 0 Å². The lowest BCUT2D eigenvalue weighted by molar-refractivity contribution is -0.890. The number of unbranched alkanes of at least 4 members (excludes halogenated alkanes) is 2. The number of carbonyl (C=O) groups excluding carboxylic acids is 3. The van der Waals surface area contributed by atoms with Gasteiger partial charge in [0, 0.05) is 84.7 Å². The van der Waals surface area contributed by atoms with Crippen molar-refractivity contribution >= 4 is 57.2 Å². The number of hydrogen-bond acceptors (Lipinski definition) is 11. The number of fused-ring (bicyclic) bond motifs is 2. The molecule has 2 aromatic carbocycles. The lowest BCUT2D eigenvalue weighted by Gasteiger charge is -2.30. The molecule has 0 aromatic heterocycles. The second-order valence-electron chi connectivity index (χ2n) is 19.6. The summed E-state index contributed by atoms with van der Waals surface area (Å²) in [6.45, 7) is 21.8. The number of ether oxygens (including phenoxy) is 1. The summed E-state index contributed by atoms with van der Waals surface area (Å²) in [6, 6.07) is 10.0. The summed E-state index contributed by atoms with van der Waals surface area (Å²) in [5.74, 6) is -0.222. The highest BCUT2D eigenvalue weighted by Crippen LogP contribution is 2.49. The van der Waals surface area contributed by atoms with E-state index >= 15 is 0 Å². The molecule has 1 unspecified atom stereocenters. The Kier molecular flexibility index (Phi) is 19.0. The van der Waals surface area contributed by atoms with Crippen molar-refractivity contribution in [2.45, 2.75) is 140 Å². The van der Waals surface area contributed by atoms with Crippen molar-refractivity contribution in [3.05, 3.63) is 71.5 Å². The minimum Gasteiger partial charge on any atom is -0.691 e. The topological polar surface area (TPSA) is 199 Å². The number of carbonyl (C=O) groups is 3. The van der Waals surface area contributed by atoms with Crippen molar-refractivity contribution in [2.75, 3.05) is 58.3 Å². The maximum absolute atomic E-state index is 12.8. The van der Waals surface area contributed by atoms with Gasteiger partial charge in [0.2, 0.25) is 17.5 Å². The fraction of sp³-hybridized carbons (Fsp3) is 0.583. The number of nitrogens with one attached hydrogen (secondary N) is 3. The molecule has 0 aliphatic carbocycles. The van der Waals surface area contributed by atoms with E-state index in [1.54, 1.807) is 32.9 Å². The molecule has 3 amide bonds. The first-order valence-corrected chi connectivity index (χ1v) is 25.1. The van der Waals surface area contributed by atoms with Crippen molar-refractivity contribution in [2.24, 2.45) is 0 Å². The zero-order valence-electron chi connectivity index (χ0n) is 40.7. The molecular weight excluding hydrogens is 885 g/mol. The third-order valence-electron chi connectivity index (χ3n) is 12.2. The van der Waals surface area contributed by atoms with Crippen LogP contribution in [0, 0.1) is 0 Å². The van der Waals surface area contributed by atoms with Crippen LogP contribution in [0.3, 0.4) is 0 Å². The van der Waals surface area contributed by atoms with Crippen LogP contribution in [-0.4, -0.2) is 111 Å². The van der Waals surface area contributed by atoms with Gasteiger partial charge in [0.05, 0.1) is 49.5 Å². The van der Waals surface area contributed by atoms with Crippen LogP contribution in [0.4, 0.5) is 16.2 Å². The first-order chi connectivity index (χ1) is 30.9. The van der Waals surface area contributed by atoms with Crippen LogP contribution in [0.2, 0.25) is 0 Å². The van der Waals surface area contributed by atoms with Crippen LogP contribution < -0.4 is 26.1 Å². The molecule has 66 heavy (non-hydrogen) atoms. The van der Waals surface area contributed by atoms with E-state index in [2.05, 4.69) is 95.7 Å². The average molecular weight is 958 g/mol. The highest BCUT2D eigenvalue weighted by Gasteiger charge is 2.45. The van der Waals surface area contributed by atoms with Crippen molar-refractivity contribution in [3.8, 4) is 0 Å². The molecule has 0 spiro atoms. The molecule has 0 saturated carbocycles. The number of nitrogens with zero attached hydrogens (tertiary/aromatic N) is 3. The summed E-state index contributed by atoms with van der Waals surface area (Å²) in [5, 5.41) is 22.7. The van der Waals surface area contributed by atoms with Crippen molar-refractivity contribution < 1.29 is 55.8 Å². The fourth-order valence-corrected chi connectivity index (χ4v) is 9.60. The smallest absolute Gasteiger partial charge is 0.408 e. The van der Waals surface area contributed by atoms with E-state index < -0.39 is 33.3 Å². The zero-order valence-corrected chi connectivity index (χ0v) is 42.4. The summed E-state index contributed by atoms with van der Waals surface area (Å²) in [6.07, 6.45) is 10.4. The predicted octanol–water partition coefficient (Wildman–Crippen LogP) is 6.75. The van der Waals surface area contributed by atoms with E-state index in [0.29, 0.717) is 38.9 Å². The van der Waals surface area contributed by atoms with Crippen LogP contribution in [0.15, 0.2) is 70.1 Å². The number of benzene rings is 2. The monoisotopic (exact) mass is 957 g/mol. The number of anilines is 1. The first-order valence-electron chi connectivity index (χ1n) is 22.9. The molecule has 0 bridgehead atoms. The molecule has 0 saturated heterocycles. The molecule has 2 aliphatic heterocycles. The Balaban J connectivity index is 1.31. The minimum atomic E-state index is -4.42. The average Bonchev–Trinajstić information content (AvgIpc) is 3.58. The van der Waals surface area contributed by atoms with E-state index in [9.17, 15) is 32.6 Å². The van der Waals surface area contributed by atoms with Gasteiger partial charge in [-0.2, -0.15) is 17.3 Å². The summed E-state index contributed by atoms with van der Waals surface area (Å²) in [5.41, 5.74) is 4.28. The Labute approximate surface area is 396 Å². The van der Waals surface area contributed by atoms with Gasteiger partial charge < -0.3 is 35.3 Å². The number of rotatable bonds is 24. The highest BCUT2D eigenvalue weighted by atomic mass is 32.2. The van der Waals surface area contributed by atoms with E-state index in [0.717, 1.165) is 101 Å². The van der Waals surface area contributed by atoms with E-state index in [4.69, 9.17) is 4.74 Å². The van der Waals surface area contributed by atoms with Crippen LogP contribution in [0.1, 0.15) is 118 Å². The maximum Gasteiger partial charge on any atom is 0.408 e. The van der Waals surface area contributed by atoms with Gasteiger partial charge in [-0.15, -0.1) is 0 Å². The SMILES string of the molecule is CCC(NC(=O)OC(C)(C)C)C(=O)NCCC[N+](C)(C)CCCNC(=O)CCCCC[N+]1=C(/C=C/C=C2/N(CC)c3ccc(SOO[O-])cc3C2(C)C)C(C)(C)c2cc(S(=O)(=O)O)ccc21. The molecule has 2 aliphatic rings. The third kappa shape index (κ3) is 14.6. The summed E-state index contributed by atoms with van der Waals surface area (Å²) >= 11 is 0.862. The molecule has 16 nitrogen and oxygen atoms in total. The van der Waals surface area contributed by atoms with Gasteiger partial charge in [-0.1, -0.05) is 26.8 Å². The Morgan fingerprint density at radius 1 is 0.939 bits per heavy atom. The van der Waals surface area contributed by atoms with Crippen LogP contribution in [-0.2, 0) is 44.6 Å². The van der Waals surface area contributed by atoms with Crippen LogP contribution >= 0.6 is 12.0 Å². The van der Waals surface area contributed by atoms with Gasteiger partial charge in [-0.25, -0.2) is 4.79 Å². The van der Waals surface area contributed by atoms with E-state index in [1.165, 1.54) is 6.07 Å². The van der Waals surface area contributed by atoms with Gasteiger partial charge in [-0.3, -0.25) is 19.2 Å². The van der Waals surface area contributed by atoms with Crippen molar-refractivity contribution in [3.63, 3.8) is 0 Å². The number of likely N-dealkylation sites (N-methyl/N-ethyl adjacent to an activating group) is 1. The number of allylic oxidation sites excluding steroid dienone is 4. The number of alkyl carbamates (subject to hydrolysis) is 1. The van der Waals surface area contributed by atoms with Gasteiger partial charge in [0.1, 0.15) is 18.2 Å². The van der Waals surface area contributed by atoms with E-state index in [-0.39, 0.29) is 22.1 Å². The molecule has 2 aromatic rings. The highest BCUT2D eigenvalue weighted by molar-refractivity contribution is 7.94. The molecule has 0 fully saturated rings. The van der Waals surface area contributed by atoms with Crippen LogP contribution in [0.5, 0.6) is 0 Å². The Morgan fingerprint density at radius 3 is 2.24 bits per heavy atom. The largest absolute Gasteiger partial charge is 0.691 e. The summed E-state index contributed by atoms with van der Waals surface area (Å²) < 4.78 is 47.1. The zero-order chi connectivity index (χ0) is 49.1.